The van der Waals surface area contributed by atoms with Gasteiger partial charge in [0.1, 0.15) is 24.2 Å². The smallest absolute Gasteiger partial charge is 0.131 e. The quantitative estimate of drug-likeness (QED) is 0.567. The first-order valence-corrected chi connectivity index (χ1v) is 9.62. The van der Waals surface area contributed by atoms with Crippen molar-refractivity contribution in [2.24, 2.45) is 5.92 Å². The van der Waals surface area contributed by atoms with Crippen molar-refractivity contribution in [3.8, 4) is 22.6 Å². The molecule has 4 nitrogen and oxygen atoms in total. The van der Waals surface area contributed by atoms with Crippen molar-refractivity contribution >= 4 is 0 Å². The first-order valence-electron chi connectivity index (χ1n) is 9.62. The molecule has 2 atom stereocenters. The fourth-order valence-electron chi connectivity index (χ4n) is 3.75. The van der Waals surface area contributed by atoms with E-state index < -0.39 is 0 Å². The molecule has 0 bridgehead atoms. The first kappa shape index (κ1) is 17.7. The third-order valence-corrected chi connectivity index (χ3v) is 5.07. The molecule has 140 valence electrons. The summed E-state index contributed by atoms with van der Waals surface area (Å²) in [6.45, 7) is 7.19. The molecule has 0 amide bonds. The van der Waals surface area contributed by atoms with Gasteiger partial charge < -0.3 is 14.0 Å². The van der Waals surface area contributed by atoms with Crippen LogP contribution >= 0.6 is 0 Å². The second kappa shape index (κ2) is 7.47. The molecule has 0 spiro atoms. The molecule has 0 saturated heterocycles. The molecule has 0 fully saturated rings. The highest BCUT2D eigenvalue weighted by Crippen LogP contribution is 2.43. The lowest BCUT2D eigenvalue weighted by Gasteiger charge is -2.27. The maximum Gasteiger partial charge on any atom is 0.131 e. The Balaban J connectivity index is 1.54. The number of rotatable bonds is 6. The fourth-order valence-corrected chi connectivity index (χ4v) is 3.75. The third kappa shape index (κ3) is 3.70. The van der Waals surface area contributed by atoms with Crippen molar-refractivity contribution in [1.29, 1.82) is 0 Å². The van der Waals surface area contributed by atoms with E-state index in [0.717, 1.165) is 29.0 Å². The molecule has 1 unspecified atom stereocenters. The number of nitrogens with zero attached hydrogens (tertiary/aromatic N) is 2. The first-order chi connectivity index (χ1) is 13.1. The van der Waals surface area contributed by atoms with Crippen molar-refractivity contribution in [3.05, 3.63) is 66.7 Å². The Morgan fingerprint density at radius 3 is 2.74 bits per heavy atom. The Hall–Kier alpha value is -2.75. The maximum absolute atomic E-state index is 6.17. The van der Waals surface area contributed by atoms with Crippen LogP contribution in [0.1, 0.15) is 44.9 Å². The Bertz CT molecular complexity index is 903. The number of fused-ring (bicyclic) bond motifs is 3. The van der Waals surface area contributed by atoms with E-state index >= 15 is 0 Å². The van der Waals surface area contributed by atoms with Crippen LogP contribution in [0.4, 0.5) is 0 Å². The van der Waals surface area contributed by atoms with Crippen LogP contribution in [0.25, 0.3) is 11.1 Å². The normalized spacial score (nSPS) is 16.4. The van der Waals surface area contributed by atoms with E-state index in [0.29, 0.717) is 18.6 Å². The summed E-state index contributed by atoms with van der Waals surface area (Å²) >= 11 is 0. The largest absolute Gasteiger partial charge is 0.491 e. The van der Waals surface area contributed by atoms with Crippen LogP contribution in [0.3, 0.4) is 0 Å². The maximum atomic E-state index is 6.17. The van der Waals surface area contributed by atoms with Crippen LogP contribution in [0, 0.1) is 5.92 Å². The topological polar surface area (TPSA) is 36.3 Å². The van der Waals surface area contributed by atoms with Crippen molar-refractivity contribution in [3.63, 3.8) is 0 Å². The van der Waals surface area contributed by atoms with Gasteiger partial charge in [0.2, 0.25) is 0 Å². The van der Waals surface area contributed by atoms with Gasteiger partial charge in [0.15, 0.2) is 0 Å². The summed E-state index contributed by atoms with van der Waals surface area (Å²) in [6.07, 6.45) is 9.01. The molecule has 3 heterocycles. The Kier molecular flexibility index (Phi) is 4.88. The lowest BCUT2D eigenvalue weighted by Crippen LogP contribution is -2.18. The molecule has 27 heavy (non-hydrogen) atoms. The average molecular weight is 362 g/mol. The highest BCUT2D eigenvalue weighted by Gasteiger charge is 2.23. The zero-order valence-electron chi connectivity index (χ0n) is 16.1. The zero-order valence-corrected chi connectivity index (χ0v) is 16.1. The lowest BCUT2D eigenvalue weighted by molar-refractivity contribution is 0.214. The van der Waals surface area contributed by atoms with Gasteiger partial charge in [-0.05, 0) is 55.2 Å². The second-order valence-electron chi connectivity index (χ2n) is 7.61. The number of pyridine rings is 1. The molecule has 3 aromatic rings. The SMILES string of the molecule is CC(C)C[C@@H](COc1ccc2c(c1)OC(C)c1cnccc1-2)n1cccc1. The zero-order chi connectivity index (χ0) is 18.8. The molecule has 0 aliphatic carbocycles. The van der Waals surface area contributed by atoms with Gasteiger partial charge in [0.05, 0.1) is 6.04 Å². The van der Waals surface area contributed by atoms with E-state index in [4.69, 9.17) is 9.47 Å². The van der Waals surface area contributed by atoms with Crippen LogP contribution in [0.5, 0.6) is 11.5 Å². The van der Waals surface area contributed by atoms with E-state index in [1.807, 2.05) is 24.5 Å². The van der Waals surface area contributed by atoms with Gasteiger partial charge in [-0.3, -0.25) is 4.98 Å². The van der Waals surface area contributed by atoms with E-state index in [2.05, 4.69) is 67.0 Å². The molecule has 4 rings (SSSR count). The molecule has 4 heteroatoms. The summed E-state index contributed by atoms with van der Waals surface area (Å²) in [5, 5.41) is 0. The second-order valence-corrected chi connectivity index (χ2v) is 7.61. The molecular weight excluding hydrogens is 336 g/mol. The van der Waals surface area contributed by atoms with E-state index in [1.165, 1.54) is 5.56 Å². The number of hydrogen-bond donors (Lipinski definition) is 0. The number of ether oxygens (including phenoxy) is 2. The lowest BCUT2D eigenvalue weighted by atomic mass is 9.95. The average Bonchev–Trinajstić information content (AvgIpc) is 3.19. The highest BCUT2D eigenvalue weighted by molar-refractivity contribution is 5.76. The summed E-state index contributed by atoms with van der Waals surface area (Å²) in [7, 11) is 0. The van der Waals surface area contributed by atoms with Crippen LogP contribution in [-0.2, 0) is 0 Å². The number of aromatic nitrogens is 2. The molecule has 0 N–H and O–H groups in total. The van der Waals surface area contributed by atoms with Gasteiger partial charge in [-0.15, -0.1) is 0 Å². The van der Waals surface area contributed by atoms with Crippen molar-refractivity contribution < 1.29 is 9.47 Å². The van der Waals surface area contributed by atoms with Crippen LogP contribution < -0.4 is 9.47 Å². The molecule has 1 aliphatic heterocycles. The molecule has 2 aromatic heterocycles. The highest BCUT2D eigenvalue weighted by atomic mass is 16.5. The fraction of sp³-hybridized carbons (Fsp3) is 0.348. The summed E-state index contributed by atoms with van der Waals surface area (Å²) in [6, 6.07) is 12.6. The van der Waals surface area contributed by atoms with Crippen LogP contribution in [-0.4, -0.2) is 16.2 Å². The summed E-state index contributed by atoms with van der Waals surface area (Å²) < 4.78 is 14.5. The van der Waals surface area contributed by atoms with Crippen LogP contribution in [0.2, 0.25) is 0 Å². The monoisotopic (exact) mass is 362 g/mol. The summed E-state index contributed by atoms with van der Waals surface area (Å²) in [5.41, 5.74) is 3.42. The molecular formula is C23H26N2O2. The summed E-state index contributed by atoms with van der Waals surface area (Å²) in [5.74, 6) is 2.33. The van der Waals surface area contributed by atoms with E-state index in [-0.39, 0.29) is 6.10 Å². The molecule has 1 aromatic carbocycles. The summed E-state index contributed by atoms with van der Waals surface area (Å²) in [4.78, 5) is 4.23. The number of benzene rings is 1. The Morgan fingerprint density at radius 1 is 1.15 bits per heavy atom. The standard InChI is InChI=1S/C23H26N2O2/c1-16(2)12-18(25-10-4-5-11-25)15-26-19-6-7-21-20-8-9-24-14-22(20)17(3)27-23(21)13-19/h4-11,13-14,16-18H,12,15H2,1-3H3/t17?,18-/m0/s1. The van der Waals surface area contributed by atoms with Crippen molar-refractivity contribution in [1.82, 2.24) is 9.55 Å². The van der Waals surface area contributed by atoms with Crippen molar-refractivity contribution in [2.45, 2.75) is 39.3 Å². The minimum Gasteiger partial charge on any atom is -0.491 e. The van der Waals surface area contributed by atoms with Gasteiger partial charge in [0, 0.05) is 42.0 Å². The van der Waals surface area contributed by atoms with Gasteiger partial charge in [-0.2, -0.15) is 0 Å². The predicted molar refractivity (Wildman–Crippen MR) is 107 cm³/mol. The molecule has 1 aliphatic rings. The van der Waals surface area contributed by atoms with Gasteiger partial charge in [0.25, 0.3) is 0 Å². The molecule has 0 saturated carbocycles. The minimum atomic E-state index is -0.00925. The minimum absolute atomic E-state index is 0.00925. The van der Waals surface area contributed by atoms with E-state index in [9.17, 15) is 0 Å². The van der Waals surface area contributed by atoms with Gasteiger partial charge >= 0.3 is 0 Å². The third-order valence-electron chi connectivity index (χ3n) is 5.07. The number of hydrogen-bond acceptors (Lipinski definition) is 3. The van der Waals surface area contributed by atoms with Crippen molar-refractivity contribution in [2.75, 3.05) is 6.61 Å². The molecule has 0 radical (unpaired) electrons. The predicted octanol–water partition coefficient (Wildman–Crippen LogP) is 5.67. The van der Waals surface area contributed by atoms with E-state index in [1.54, 1.807) is 0 Å². The Labute approximate surface area is 160 Å². The van der Waals surface area contributed by atoms with Crippen LogP contribution in [0.15, 0.2) is 61.2 Å². The van der Waals surface area contributed by atoms with Gasteiger partial charge in [-0.1, -0.05) is 13.8 Å². The van der Waals surface area contributed by atoms with Gasteiger partial charge in [-0.25, -0.2) is 0 Å². The Morgan fingerprint density at radius 2 is 1.96 bits per heavy atom.